The van der Waals surface area contributed by atoms with Gasteiger partial charge in [-0.3, -0.25) is 4.79 Å². The smallest absolute Gasteiger partial charge is 0.232 e. The van der Waals surface area contributed by atoms with Gasteiger partial charge in [0.2, 0.25) is 5.91 Å². The molecule has 4 rings (SSSR count). The highest BCUT2D eigenvalue weighted by Crippen LogP contribution is 2.43. The summed E-state index contributed by atoms with van der Waals surface area (Å²) >= 11 is 0. The van der Waals surface area contributed by atoms with Gasteiger partial charge in [0.1, 0.15) is 11.5 Å². The van der Waals surface area contributed by atoms with Crippen LogP contribution in [-0.4, -0.2) is 37.0 Å². The number of rotatable bonds is 4. The zero-order valence-corrected chi connectivity index (χ0v) is 13.7. The van der Waals surface area contributed by atoms with Crippen molar-refractivity contribution >= 4 is 5.91 Å². The summed E-state index contributed by atoms with van der Waals surface area (Å²) in [7, 11) is 0. The van der Waals surface area contributed by atoms with Crippen LogP contribution in [0.2, 0.25) is 0 Å². The van der Waals surface area contributed by atoms with E-state index < -0.39 is 0 Å². The number of carbonyl (C=O) groups is 1. The lowest BCUT2D eigenvalue weighted by Crippen LogP contribution is -2.37. The second kappa shape index (κ2) is 6.65. The number of hydrogen-bond donors (Lipinski definition) is 1. The zero-order chi connectivity index (χ0) is 16.4. The number of carbonyl (C=O) groups excluding carboxylic acids is 1. The standard InChI is InChI=1S/C20H22N2O2/c23-20(21-11-14-22-12-5-6-13-22)19-15-7-1-3-9-17(15)24-18-10-4-2-8-16(18)19/h1-4,7-10,19H,5-6,11-14H2,(H,21,23). The van der Waals surface area contributed by atoms with Crippen molar-refractivity contribution in [2.24, 2.45) is 0 Å². The van der Waals surface area contributed by atoms with E-state index >= 15 is 0 Å². The number of para-hydroxylation sites is 2. The van der Waals surface area contributed by atoms with Crippen LogP contribution in [0.5, 0.6) is 11.5 Å². The van der Waals surface area contributed by atoms with E-state index in [1.807, 2.05) is 48.5 Å². The third-order valence-electron chi connectivity index (χ3n) is 4.87. The fourth-order valence-electron chi connectivity index (χ4n) is 3.64. The maximum atomic E-state index is 12.9. The molecule has 2 aliphatic heterocycles. The monoisotopic (exact) mass is 322 g/mol. The summed E-state index contributed by atoms with van der Waals surface area (Å²) < 4.78 is 5.96. The van der Waals surface area contributed by atoms with Crippen molar-refractivity contribution in [3.05, 3.63) is 59.7 Å². The molecule has 0 aliphatic carbocycles. The van der Waals surface area contributed by atoms with Gasteiger partial charge in [-0.2, -0.15) is 0 Å². The van der Waals surface area contributed by atoms with E-state index in [9.17, 15) is 4.79 Å². The molecule has 0 aromatic heterocycles. The van der Waals surface area contributed by atoms with Gasteiger partial charge in [0.15, 0.2) is 0 Å². The van der Waals surface area contributed by atoms with E-state index in [4.69, 9.17) is 4.74 Å². The number of hydrogen-bond acceptors (Lipinski definition) is 3. The largest absolute Gasteiger partial charge is 0.457 e. The average molecular weight is 322 g/mol. The Morgan fingerprint density at radius 3 is 2.21 bits per heavy atom. The van der Waals surface area contributed by atoms with E-state index in [0.717, 1.165) is 42.3 Å². The summed E-state index contributed by atoms with van der Waals surface area (Å²) in [4.78, 5) is 15.3. The average Bonchev–Trinajstić information content (AvgIpc) is 3.13. The van der Waals surface area contributed by atoms with Crippen LogP contribution in [0.4, 0.5) is 0 Å². The van der Waals surface area contributed by atoms with Gasteiger partial charge in [0.25, 0.3) is 0 Å². The van der Waals surface area contributed by atoms with Crippen LogP contribution in [0.3, 0.4) is 0 Å². The molecule has 1 amide bonds. The summed E-state index contributed by atoms with van der Waals surface area (Å²) in [5, 5.41) is 3.12. The molecule has 0 radical (unpaired) electrons. The first-order valence-electron chi connectivity index (χ1n) is 8.69. The maximum Gasteiger partial charge on any atom is 0.232 e. The highest BCUT2D eigenvalue weighted by Gasteiger charge is 2.32. The lowest BCUT2D eigenvalue weighted by Gasteiger charge is -2.27. The molecular weight excluding hydrogens is 300 g/mol. The first kappa shape index (κ1) is 15.2. The fourth-order valence-corrected chi connectivity index (χ4v) is 3.64. The SMILES string of the molecule is O=C(NCCN1CCCC1)C1c2ccccc2Oc2ccccc21. The number of nitrogens with zero attached hydrogens (tertiary/aromatic N) is 1. The Morgan fingerprint density at radius 2 is 1.58 bits per heavy atom. The van der Waals surface area contributed by atoms with Crippen molar-refractivity contribution in [2.75, 3.05) is 26.2 Å². The van der Waals surface area contributed by atoms with E-state index in [2.05, 4.69) is 10.2 Å². The minimum Gasteiger partial charge on any atom is -0.457 e. The van der Waals surface area contributed by atoms with E-state index in [1.54, 1.807) is 0 Å². The number of likely N-dealkylation sites (tertiary alicyclic amines) is 1. The molecule has 1 N–H and O–H groups in total. The molecule has 1 saturated heterocycles. The number of nitrogens with one attached hydrogen (secondary N) is 1. The van der Waals surface area contributed by atoms with E-state index in [-0.39, 0.29) is 11.8 Å². The Hall–Kier alpha value is -2.33. The quantitative estimate of drug-likeness (QED) is 0.940. The molecule has 0 unspecified atom stereocenters. The van der Waals surface area contributed by atoms with Crippen LogP contribution in [0.1, 0.15) is 29.9 Å². The van der Waals surface area contributed by atoms with Gasteiger partial charge < -0.3 is 15.0 Å². The van der Waals surface area contributed by atoms with Gasteiger partial charge in [-0.25, -0.2) is 0 Å². The van der Waals surface area contributed by atoms with Gasteiger partial charge in [0, 0.05) is 24.2 Å². The van der Waals surface area contributed by atoms with Gasteiger partial charge in [-0.05, 0) is 38.1 Å². The Morgan fingerprint density at radius 1 is 1.00 bits per heavy atom. The third kappa shape index (κ3) is 2.89. The molecular formula is C20H22N2O2. The molecule has 24 heavy (non-hydrogen) atoms. The number of benzene rings is 2. The van der Waals surface area contributed by atoms with Crippen molar-refractivity contribution in [2.45, 2.75) is 18.8 Å². The first-order valence-corrected chi connectivity index (χ1v) is 8.69. The molecule has 2 heterocycles. The Balaban J connectivity index is 1.54. The molecule has 0 spiro atoms. The summed E-state index contributed by atoms with van der Waals surface area (Å²) in [5.74, 6) is 1.30. The highest BCUT2D eigenvalue weighted by atomic mass is 16.5. The minimum absolute atomic E-state index is 0.0531. The molecule has 4 nitrogen and oxygen atoms in total. The molecule has 0 bridgehead atoms. The highest BCUT2D eigenvalue weighted by molar-refractivity contribution is 5.89. The number of ether oxygens (including phenoxy) is 1. The van der Waals surface area contributed by atoms with Gasteiger partial charge >= 0.3 is 0 Å². The van der Waals surface area contributed by atoms with Crippen molar-refractivity contribution in [1.29, 1.82) is 0 Å². The van der Waals surface area contributed by atoms with E-state index in [0.29, 0.717) is 6.54 Å². The van der Waals surface area contributed by atoms with Crippen molar-refractivity contribution < 1.29 is 9.53 Å². The van der Waals surface area contributed by atoms with Crippen LogP contribution in [0.15, 0.2) is 48.5 Å². The molecule has 4 heteroatoms. The van der Waals surface area contributed by atoms with Crippen LogP contribution in [-0.2, 0) is 4.79 Å². The summed E-state index contributed by atoms with van der Waals surface area (Å²) in [6.07, 6.45) is 2.54. The molecule has 2 aliphatic rings. The number of amides is 1. The summed E-state index contributed by atoms with van der Waals surface area (Å²) in [6, 6.07) is 15.6. The van der Waals surface area contributed by atoms with Crippen LogP contribution in [0.25, 0.3) is 0 Å². The van der Waals surface area contributed by atoms with Gasteiger partial charge in [-0.1, -0.05) is 36.4 Å². The lowest BCUT2D eigenvalue weighted by molar-refractivity contribution is -0.121. The molecule has 2 aromatic rings. The third-order valence-corrected chi connectivity index (χ3v) is 4.87. The Labute approximate surface area is 142 Å². The molecule has 2 aromatic carbocycles. The predicted molar refractivity (Wildman–Crippen MR) is 93.5 cm³/mol. The summed E-state index contributed by atoms with van der Waals surface area (Å²) in [5.41, 5.74) is 1.88. The summed E-state index contributed by atoms with van der Waals surface area (Å²) in [6.45, 7) is 3.93. The molecule has 124 valence electrons. The van der Waals surface area contributed by atoms with Crippen LogP contribution in [0, 0.1) is 0 Å². The predicted octanol–water partition coefficient (Wildman–Crippen LogP) is 3.14. The minimum atomic E-state index is -0.301. The fraction of sp³-hybridized carbons (Fsp3) is 0.350. The molecule has 1 fully saturated rings. The first-order chi connectivity index (χ1) is 11.8. The second-order valence-electron chi connectivity index (χ2n) is 6.45. The van der Waals surface area contributed by atoms with Crippen molar-refractivity contribution in [3.8, 4) is 11.5 Å². The van der Waals surface area contributed by atoms with Crippen LogP contribution >= 0.6 is 0 Å². The zero-order valence-electron chi connectivity index (χ0n) is 13.7. The molecule has 0 saturated carbocycles. The Bertz CT molecular complexity index is 692. The second-order valence-corrected chi connectivity index (χ2v) is 6.45. The molecule has 0 atom stereocenters. The maximum absolute atomic E-state index is 12.9. The lowest BCUT2D eigenvalue weighted by atomic mass is 9.87. The van der Waals surface area contributed by atoms with Crippen molar-refractivity contribution in [1.82, 2.24) is 10.2 Å². The van der Waals surface area contributed by atoms with E-state index in [1.165, 1.54) is 12.8 Å². The van der Waals surface area contributed by atoms with Crippen LogP contribution < -0.4 is 10.1 Å². The normalized spacial score (nSPS) is 17.0. The number of fused-ring (bicyclic) bond motifs is 2. The van der Waals surface area contributed by atoms with Crippen molar-refractivity contribution in [3.63, 3.8) is 0 Å². The van der Waals surface area contributed by atoms with Gasteiger partial charge in [0.05, 0.1) is 5.92 Å². The topological polar surface area (TPSA) is 41.6 Å². The Kier molecular flexibility index (Phi) is 4.22. The van der Waals surface area contributed by atoms with Gasteiger partial charge in [-0.15, -0.1) is 0 Å².